The zero-order chi connectivity index (χ0) is 11.5. The summed E-state index contributed by atoms with van der Waals surface area (Å²) in [5.74, 6) is 0.00847. The number of nitrogens with zero attached hydrogens (tertiary/aromatic N) is 2. The minimum absolute atomic E-state index is 0.173. The number of piperidine rings is 1. The van der Waals surface area contributed by atoms with Gasteiger partial charge in [-0.15, -0.1) is 0 Å². The van der Waals surface area contributed by atoms with Crippen LogP contribution < -0.4 is 0 Å². The molecule has 2 heterocycles. The van der Waals surface area contributed by atoms with Crippen molar-refractivity contribution in [2.75, 3.05) is 13.1 Å². The Morgan fingerprint density at radius 1 is 1.62 bits per heavy atom. The van der Waals surface area contributed by atoms with Crippen LogP contribution in [0.1, 0.15) is 24.3 Å². The third-order valence-electron chi connectivity index (χ3n) is 2.99. The lowest BCUT2D eigenvalue weighted by atomic mass is 9.97. The molecule has 1 aliphatic rings. The molecule has 0 spiro atoms. The maximum absolute atomic E-state index is 10.8. The van der Waals surface area contributed by atoms with Gasteiger partial charge in [0.25, 0.3) is 0 Å². The van der Waals surface area contributed by atoms with Crippen molar-refractivity contribution in [3.63, 3.8) is 0 Å². The molecule has 0 aromatic carbocycles. The van der Waals surface area contributed by atoms with E-state index >= 15 is 0 Å². The molecule has 0 amide bonds. The molecule has 0 bridgehead atoms. The molecule has 0 unspecified atom stereocenters. The number of carbonyl (C=O) groups is 1. The maximum Gasteiger partial charge on any atom is 0.306 e. The van der Waals surface area contributed by atoms with Crippen molar-refractivity contribution in [1.82, 2.24) is 10.1 Å². The van der Waals surface area contributed by atoms with Gasteiger partial charge in [-0.2, -0.15) is 0 Å². The summed E-state index contributed by atoms with van der Waals surface area (Å²) in [6, 6.07) is 1.92. The zero-order valence-corrected chi connectivity index (χ0v) is 9.35. The lowest BCUT2D eigenvalue weighted by Crippen LogP contribution is -2.35. The Hall–Kier alpha value is -1.36. The maximum atomic E-state index is 10.8. The van der Waals surface area contributed by atoms with E-state index in [9.17, 15) is 4.79 Å². The number of hydrogen-bond donors (Lipinski definition) is 1. The van der Waals surface area contributed by atoms with Gasteiger partial charge in [0.1, 0.15) is 0 Å². The fourth-order valence-corrected chi connectivity index (χ4v) is 2.05. The Bertz CT molecular complexity index is 367. The average Bonchev–Trinajstić information content (AvgIpc) is 2.65. The molecule has 88 valence electrons. The summed E-state index contributed by atoms with van der Waals surface area (Å²) in [4.78, 5) is 13.0. The summed E-state index contributed by atoms with van der Waals surface area (Å²) >= 11 is 0. The van der Waals surface area contributed by atoms with Crippen LogP contribution in [0.25, 0.3) is 0 Å². The molecule has 1 fully saturated rings. The Balaban J connectivity index is 1.83. The minimum atomic E-state index is -0.671. The molecule has 0 saturated carbocycles. The lowest BCUT2D eigenvalue weighted by Gasteiger charge is -2.28. The van der Waals surface area contributed by atoms with Gasteiger partial charge < -0.3 is 9.63 Å². The summed E-state index contributed by atoms with van der Waals surface area (Å²) in [5.41, 5.74) is 0.885. The van der Waals surface area contributed by atoms with Crippen LogP contribution in [0.5, 0.6) is 0 Å². The molecule has 0 aliphatic carbocycles. The number of aryl methyl sites for hydroxylation is 1. The molecule has 0 atom stereocenters. The van der Waals surface area contributed by atoms with Crippen molar-refractivity contribution in [2.45, 2.75) is 26.3 Å². The fraction of sp³-hybridized carbons (Fsp3) is 0.636. The third-order valence-corrected chi connectivity index (χ3v) is 2.99. The van der Waals surface area contributed by atoms with E-state index in [1.54, 1.807) is 0 Å². The topological polar surface area (TPSA) is 66.6 Å². The Labute approximate surface area is 94.0 Å². The van der Waals surface area contributed by atoms with Crippen molar-refractivity contribution in [2.24, 2.45) is 5.92 Å². The van der Waals surface area contributed by atoms with Gasteiger partial charge in [-0.25, -0.2) is 0 Å². The van der Waals surface area contributed by atoms with Crippen molar-refractivity contribution in [1.29, 1.82) is 0 Å². The number of rotatable bonds is 3. The van der Waals surface area contributed by atoms with Crippen molar-refractivity contribution in [3.8, 4) is 0 Å². The average molecular weight is 224 g/mol. The Morgan fingerprint density at radius 3 is 2.81 bits per heavy atom. The molecule has 2 rings (SSSR count). The third kappa shape index (κ3) is 2.61. The predicted octanol–water partition coefficient (Wildman–Crippen LogP) is 1.28. The molecule has 1 aromatic rings. The first kappa shape index (κ1) is 11.1. The molecule has 5 nitrogen and oxygen atoms in total. The molecule has 1 N–H and O–H groups in total. The van der Waals surface area contributed by atoms with Gasteiger partial charge in [0.15, 0.2) is 5.76 Å². The minimum Gasteiger partial charge on any atom is -0.481 e. The number of likely N-dealkylation sites (tertiary alicyclic amines) is 1. The van der Waals surface area contributed by atoms with Gasteiger partial charge in [-0.05, 0) is 32.9 Å². The standard InChI is InChI=1S/C11H16N2O3/c1-8-6-10(16-12-8)7-13-4-2-9(3-5-13)11(14)15/h6,9H,2-5,7H2,1H3,(H,14,15). The van der Waals surface area contributed by atoms with E-state index in [4.69, 9.17) is 9.63 Å². The van der Waals surface area contributed by atoms with Crippen molar-refractivity contribution in [3.05, 3.63) is 17.5 Å². The van der Waals surface area contributed by atoms with Gasteiger partial charge >= 0.3 is 5.97 Å². The first-order valence-corrected chi connectivity index (χ1v) is 5.52. The highest BCUT2D eigenvalue weighted by Gasteiger charge is 2.24. The second-order valence-corrected chi connectivity index (χ2v) is 4.32. The van der Waals surface area contributed by atoms with Crippen LogP contribution in [0, 0.1) is 12.8 Å². The quantitative estimate of drug-likeness (QED) is 0.837. The number of aromatic nitrogens is 1. The van der Waals surface area contributed by atoms with E-state index in [0.717, 1.165) is 43.9 Å². The molecule has 0 radical (unpaired) electrons. The summed E-state index contributed by atoms with van der Waals surface area (Å²) < 4.78 is 5.13. The van der Waals surface area contributed by atoms with Gasteiger partial charge in [-0.1, -0.05) is 5.16 Å². The SMILES string of the molecule is Cc1cc(CN2CCC(C(=O)O)CC2)on1. The first-order valence-electron chi connectivity index (χ1n) is 5.52. The summed E-state index contributed by atoms with van der Waals surface area (Å²) in [6.07, 6.45) is 1.45. The molecular formula is C11H16N2O3. The molecule has 16 heavy (non-hydrogen) atoms. The normalized spacial score (nSPS) is 18.8. The number of carboxylic acid groups (broad SMARTS) is 1. The van der Waals surface area contributed by atoms with E-state index < -0.39 is 5.97 Å². The lowest BCUT2D eigenvalue weighted by molar-refractivity contribution is -0.143. The van der Waals surface area contributed by atoms with Gasteiger partial charge in [0.05, 0.1) is 18.2 Å². The van der Waals surface area contributed by atoms with Crippen LogP contribution in [-0.2, 0) is 11.3 Å². The van der Waals surface area contributed by atoms with E-state index in [1.165, 1.54) is 0 Å². The Kier molecular flexibility index (Phi) is 3.24. The zero-order valence-electron chi connectivity index (χ0n) is 9.35. The van der Waals surface area contributed by atoms with E-state index in [1.807, 2.05) is 13.0 Å². The smallest absolute Gasteiger partial charge is 0.306 e. The van der Waals surface area contributed by atoms with E-state index in [-0.39, 0.29) is 5.92 Å². The van der Waals surface area contributed by atoms with E-state index in [0.29, 0.717) is 0 Å². The van der Waals surface area contributed by atoms with Crippen molar-refractivity contribution >= 4 is 5.97 Å². The van der Waals surface area contributed by atoms with Crippen LogP contribution in [0.15, 0.2) is 10.6 Å². The van der Waals surface area contributed by atoms with Crippen LogP contribution in [0.3, 0.4) is 0 Å². The molecule has 1 aromatic heterocycles. The van der Waals surface area contributed by atoms with Gasteiger partial charge in [-0.3, -0.25) is 9.69 Å². The molecule has 1 saturated heterocycles. The first-order chi connectivity index (χ1) is 7.65. The molecule has 1 aliphatic heterocycles. The second-order valence-electron chi connectivity index (χ2n) is 4.32. The summed E-state index contributed by atoms with van der Waals surface area (Å²) in [5, 5.41) is 12.7. The predicted molar refractivity (Wildman–Crippen MR) is 56.9 cm³/mol. The van der Waals surface area contributed by atoms with Crippen LogP contribution in [0.4, 0.5) is 0 Å². The largest absolute Gasteiger partial charge is 0.481 e. The highest BCUT2D eigenvalue weighted by atomic mass is 16.5. The van der Waals surface area contributed by atoms with E-state index in [2.05, 4.69) is 10.1 Å². The Morgan fingerprint density at radius 2 is 2.31 bits per heavy atom. The van der Waals surface area contributed by atoms with Crippen LogP contribution in [0.2, 0.25) is 0 Å². The molecule has 5 heteroatoms. The molecular weight excluding hydrogens is 208 g/mol. The van der Waals surface area contributed by atoms with Crippen molar-refractivity contribution < 1.29 is 14.4 Å². The van der Waals surface area contributed by atoms with Crippen LogP contribution in [-0.4, -0.2) is 34.2 Å². The van der Waals surface area contributed by atoms with Crippen LogP contribution >= 0.6 is 0 Å². The number of carboxylic acids is 1. The van der Waals surface area contributed by atoms with Gasteiger partial charge in [0, 0.05) is 6.07 Å². The summed E-state index contributed by atoms with van der Waals surface area (Å²) in [6.45, 7) is 4.25. The second kappa shape index (κ2) is 4.65. The highest BCUT2D eigenvalue weighted by Crippen LogP contribution is 2.19. The van der Waals surface area contributed by atoms with Gasteiger partial charge in [0.2, 0.25) is 0 Å². The monoisotopic (exact) mass is 224 g/mol. The fourth-order valence-electron chi connectivity index (χ4n) is 2.05. The number of aliphatic carboxylic acids is 1. The highest BCUT2D eigenvalue weighted by molar-refractivity contribution is 5.70. The number of hydrogen-bond acceptors (Lipinski definition) is 4. The summed E-state index contributed by atoms with van der Waals surface area (Å²) in [7, 11) is 0.